The molecule has 0 bridgehead atoms. The van der Waals surface area contributed by atoms with E-state index in [0.717, 1.165) is 23.7 Å². The van der Waals surface area contributed by atoms with Crippen LogP contribution < -0.4 is 10.2 Å². The molecule has 0 aliphatic rings. The summed E-state index contributed by atoms with van der Waals surface area (Å²) in [6.45, 7) is 0.762. The zero-order valence-electron chi connectivity index (χ0n) is 10.4. The van der Waals surface area contributed by atoms with Crippen molar-refractivity contribution in [2.45, 2.75) is 6.54 Å². The van der Waals surface area contributed by atoms with Crippen molar-refractivity contribution in [3.05, 3.63) is 36.7 Å². The standard InChI is InChI=1S/C12H17N5/c1-13-10-6-11(8-14-7-10)17(3)9-12-15-4-5-16(12)2/h4-8,13H,9H2,1-3H3. The molecule has 0 saturated carbocycles. The Labute approximate surface area is 101 Å². The molecule has 1 N–H and O–H groups in total. The van der Waals surface area contributed by atoms with Crippen molar-refractivity contribution >= 4 is 11.4 Å². The summed E-state index contributed by atoms with van der Waals surface area (Å²) in [5.41, 5.74) is 2.08. The largest absolute Gasteiger partial charge is 0.387 e. The summed E-state index contributed by atoms with van der Waals surface area (Å²) in [5, 5.41) is 3.08. The van der Waals surface area contributed by atoms with Crippen molar-refractivity contribution in [2.24, 2.45) is 7.05 Å². The first-order valence-electron chi connectivity index (χ1n) is 5.51. The highest BCUT2D eigenvalue weighted by atomic mass is 15.2. The molecule has 0 radical (unpaired) electrons. The summed E-state index contributed by atoms with van der Waals surface area (Å²) < 4.78 is 2.02. The molecule has 0 saturated heterocycles. The first-order valence-corrected chi connectivity index (χ1v) is 5.51. The molecule has 5 heteroatoms. The van der Waals surface area contributed by atoms with Crippen molar-refractivity contribution in [2.75, 3.05) is 24.3 Å². The van der Waals surface area contributed by atoms with Crippen LogP contribution >= 0.6 is 0 Å². The van der Waals surface area contributed by atoms with E-state index in [1.807, 2.05) is 44.3 Å². The maximum atomic E-state index is 4.31. The van der Waals surface area contributed by atoms with E-state index in [9.17, 15) is 0 Å². The average molecular weight is 231 g/mol. The van der Waals surface area contributed by atoms with Gasteiger partial charge in [-0.25, -0.2) is 4.98 Å². The van der Waals surface area contributed by atoms with E-state index < -0.39 is 0 Å². The number of nitrogens with zero attached hydrogens (tertiary/aromatic N) is 4. The van der Waals surface area contributed by atoms with Crippen LogP contribution in [-0.4, -0.2) is 28.6 Å². The van der Waals surface area contributed by atoms with Crippen molar-refractivity contribution in [3.8, 4) is 0 Å². The van der Waals surface area contributed by atoms with Gasteiger partial charge in [-0.15, -0.1) is 0 Å². The minimum Gasteiger partial charge on any atom is -0.387 e. The molecule has 0 fully saturated rings. The fraction of sp³-hybridized carbons (Fsp3) is 0.333. The van der Waals surface area contributed by atoms with E-state index in [-0.39, 0.29) is 0 Å². The Morgan fingerprint density at radius 1 is 1.41 bits per heavy atom. The first-order chi connectivity index (χ1) is 8.20. The lowest BCUT2D eigenvalue weighted by Gasteiger charge is -2.19. The van der Waals surface area contributed by atoms with Gasteiger partial charge in [0, 0.05) is 33.5 Å². The normalized spacial score (nSPS) is 10.3. The van der Waals surface area contributed by atoms with Crippen molar-refractivity contribution in [3.63, 3.8) is 0 Å². The molecule has 17 heavy (non-hydrogen) atoms. The number of rotatable bonds is 4. The van der Waals surface area contributed by atoms with E-state index in [0.29, 0.717) is 0 Å². The minimum atomic E-state index is 0.762. The number of nitrogens with one attached hydrogen (secondary N) is 1. The van der Waals surface area contributed by atoms with Gasteiger partial charge in [-0.3, -0.25) is 4.98 Å². The third-order valence-corrected chi connectivity index (χ3v) is 2.75. The highest BCUT2D eigenvalue weighted by molar-refractivity contribution is 5.54. The molecule has 0 atom stereocenters. The summed E-state index contributed by atoms with van der Waals surface area (Å²) >= 11 is 0. The van der Waals surface area contributed by atoms with Gasteiger partial charge >= 0.3 is 0 Å². The average Bonchev–Trinajstić information content (AvgIpc) is 2.75. The minimum absolute atomic E-state index is 0.762. The maximum absolute atomic E-state index is 4.31. The van der Waals surface area contributed by atoms with Crippen LogP contribution in [0.5, 0.6) is 0 Å². The van der Waals surface area contributed by atoms with Crippen LogP contribution in [0.2, 0.25) is 0 Å². The highest BCUT2D eigenvalue weighted by Crippen LogP contribution is 2.17. The summed E-state index contributed by atoms with van der Waals surface area (Å²) in [6, 6.07) is 2.07. The molecule has 2 aromatic heterocycles. The number of anilines is 2. The molecule has 90 valence electrons. The summed E-state index contributed by atoms with van der Waals surface area (Å²) in [4.78, 5) is 10.6. The van der Waals surface area contributed by atoms with Gasteiger partial charge in [0.25, 0.3) is 0 Å². The molecule has 5 nitrogen and oxygen atoms in total. The quantitative estimate of drug-likeness (QED) is 0.866. The van der Waals surface area contributed by atoms with E-state index in [2.05, 4.69) is 26.3 Å². The van der Waals surface area contributed by atoms with Crippen LogP contribution in [0.1, 0.15) is 5.82 Å². The van der Waals surface area contributed by atoms with Crippen LogP contribution in [0.3, 0.4) is 0 Å². The summed E-state index contributed by atoms with van der Waals surface area (Å²) in [7, 11) is 5.92. The van der Waals surface area contributed by atoms with Crippen LogP contribution in [-0.2, 0) is 13.6 Å². The third-order valence-electron chi connectivity index (χ3n) is 2.75. The lowest BCUT2D eigenvalue weighted by molar-refractivity contribution is 0.761. The topological polar surface area (TPSA) is 46.0 Å². The zero-order valence-corrected chi connectivity index (χ0v) is 10.4. The monoisotopic (exact) mass is 231 g/mol. The van der Waals surface area contributed by atoms with Gasteiger partial charge in [-0.05, 0) is 6.07 Å². The Morgan fingerprint density at radius 2 is 2.24 bits per heavy atom. The Balaban J connectivity index is 2.14. The van der Waals surface area contributed by atoms with E-state index >= 15 is 0 Å². The van der Waals surface area contributed by atoms with E-state index in [1.54, 1.807) is 6.20 Å². The molecule has 2 heterocycles. The van der Waals surface area contributed by atoms with Gasteiger partial charge in [-0.1, -0.05) is 0 Å². The van der Waals surface area contributed by atoms with Crippen LogP contribution in [0, 0.1) is 0 Å². The predicted molar refractivity (Wildman–Crippen MR) is 69.1 cm³/mol. The molecular formula is C12H17N5. The first kappa shape index (κ1) is 11.4. The van der Waals surface area contributed by atoms with Gasteiger partial charge in [0.05, 0.1) is 30.3 Å². The number of hydrogen-bond acceptors (Lipinski definition) is 4. The molecule has 0 aliphatic carbocycles. The lowest BCUT2D eigenvalue weighted by Crippen LogP contribution is -2.19. The Morgan fingerprint density at radius 3 is 2.88 bits per heavy atom. The SMILES string of the molecule is CNc1cncc(N(C)Cc2nccn2C)c1. The fourth-order valence-corrected chi connectivity index (χ4v) is 1.63. The Bertz CT molecular complexity index is 491. The van der Waals surface area contributed by atoms with Gasteiger partial charge in [0.15, 0.2) is 0 Å². The number of imidazole rings is 1. The van der Waals surface area contributed by atoms with Crippen LogP contribution in [0.4, 0.5) is 11.4 Å². The lowest BCUT2D eigenvalue weighted by atomic mass is 10.3. The van der Waals surface area contributed by atoms with Gasteiger partial charge in [-0.2, -0.15) is 0 Å². The van der Waals surface area contributed by atoms with Gasteiger partial charge < -0.3 is 14.8 Å². The second-order valence-electron chi connectivity index (χ2n) is 3.99. The number of aryl methyl sites for hydroxylation is 1. The Kier molecular flexibility index (Phi) is 3.27. The molecule has 0 spiro atoms. The smallest absolute Gasteiger partial charge is 0.127 e. The maximum Gasteiger partial charge on any atom is 0.127 e. The second-order valence-corrected chi connectivity index (χ2v) is 3.99. The van der Waals surface area contributed by atoms with Crippen molar-refractivity contribution in [1.82, 2.24) is 14.5 Å². The third kappa shape index (κ3) is 2.55. The number of pyridine rings is 1. The van der Waals surface area contributed by atoms with E-state index in [4.69, 9.17) is 0 Å². The molecule has 0 unspecified atom stereocenters. The zero-order chi connectivity index (χ0) is 12.3. The van der Waals surface area contributed by atoms with Crippen LogP contribution in [0.15, 0.2) is 30.9 Å². The highest BCUT2D eigenvalue weighted by Gasteiger charge is 2.06. The van der Waals surface area contributed by atoms with Crippen molar-refractivity contribution < 1.29 is 0 Å². The summed E-state index contributed by atoms with van der Waals surface area (Å²) in [5.74, 6) is 1.03. The molecular weight excluding hydrogens is 214 g/mol. The molecule has 0 amide bonds. The molecule has 0 aromatic carbocycles. The van der Waals surface area contributed by atoms with Gasteiger partial charge in [0.1, 0.15) is 5.82 Å². The predicted octanol–water partition coefficient (Wildman–Crippen LogP) is 1.49. The fourth-order valence-electron chi connectivity index (χ4n) is 1.63. The number of aromatic nitrogens is 3. The molecule has 2 aromatic rings. The number of hydrogen-bond donors (Lipinski definition) is 1. The van der Waals surface area contributed by atoms with Crippen LogP contribution in [0.25, 0.3) is 0 Å². The van der Waals surface area contributed by atoms with Crippen molar-refractivity contribution in [1.29, 1.82) is 0 Å². The molecule has 2 rings (SSSR count). The summed E-state index contributed by atoms with van der Waals surface area (Å²) in [6.07, 6.45) is 7.42. The van der Waals surface area contributed by atoms with Gasteiger partial charge in [0.2, 0.25) is 0 Å². The van der Waals surface area contributed by atoms with E-state index in [1.165, 1.54) is 0 Å². The second kappa shape index (κ2) is 4.86. The molecule has 0 aliphatic heterocycles. The Hall–Kier alpha value is -2.04.